The Bertz CT molecular complexity index is 127. The van der Waals surface area contributed by atoms with Crippen molar-refractivity contribution in [2.45, 2.75) is 31.7 Å². The van der Waals surface area contributed by atoms with Gasteiger partial charge in [-0.05, 0) is 13.3 Å². The third-order valence-corrected chi connectivity index (χ3v) is 1.88. The predicted octanol–water partition coefficient (Wildman–Crippen LogP) is 0.884. The van der Waals surface area contributed by atoms with Gasteiger partial charge in [-0.15, -0.1) is 0 Å². The molecular formula is C6H12F2N2. The summed E-state index contributed by atoms with van der Waals surface area (Å²) in [6, 6.07) is -0.00150. The smallest absolute Gasteiger partial charge is 0.251 e. The number of hydrogen-bond acceptors (Lipinski definition) is 2. The molecule has 1 aliphatic carbocycles. The quantitative estimate of drug-likeness (QED) is 0.463. The van der Waals surface area contributed by atoms with Crippen molar-refractivity contribution in [2.75, 3.05) is 0 Å². The summed E-state index contributed by atoms with van der Waals surface area (Å²) in [6.45, 7) is 1.80. The summed E-state index contributed by atoms with van der Waals surface area (Å²) in [5, 5.41) is 0. The minimum Gasteiger partial charge on any atom is -0.271 e. The summed E-state index contributed by atoms with van der Waals surface area (Å²) < 4.78 is 24.4. The average Bonchev–Trinajstić information content (AvgIpc) is 2.40. The maximum atomic E-state index is 12.2. The van der Waals surface area contributed by atoms with E-state index in [1.165, 1.54) is 0 Å². The van der Waals surface area contributed by atoms with Gasteiger partial charge in [-0.3, -0.25) is 11.3 Å². The molecule has 0 aromatic rings. The van der Waals surface area contributed by atoms with Gasteiger partial charge in [-0.25, -0.2) is 8.78 Å². The highest BCUT2D eigenvalue weighted by atomic mass is 19.3. The Balaban J connectivity index is 2.17. The number of hydrogen-bond donors (Lipinski definition) is 2. The zero-order valence-corrected chi connectivity index (χ0v) is 5.90. The molecule has 0 aromatic heterocycles. The van der Waals surface area contributed by atoms with Crippen molar-refractivity contribution in [3.63, 3.8) is 0 Å². The van der Waals surface area contributed by atoms with E-state index in [9.17, 15) is 8.78 Å². The first-order chi connectivity index (χ1) is 4.56. The summed E-state index contributed by atoms with van der Waals surface area (Å²) in [7, 11) is 0. The minimum atomic E-state index is -2.40. The fraction of sp³-hybridized carbons (Fsp3) is 1.00. The second-order valence-corrected chi connectivity index (χ2v) is 2.97. The molecule has 60 valence electrons. The van der Waals surface area contributed by atoms with E-state index in [-0.39, 0.29) is 12.5 Å². The second-order valence-electron chi connectivity index (χ2n) is 2.97. The Kier molecular flexibility index (Phi) is 1.92. The lowest BCUT2D eigenvalue weighted by atomic mass is 10.2. The Hall–Kier alpha value is -0.220. The number of nitrogens with two attached hydrogens (primary N) is 1. The fourth-order valence-electron chi connectivity index (χ4n) is 1.02. The summed E-state index contributed by atoms with van der Waals surface area (Å²) in [5.41, 5.74) is 2.44. The molecule has 0 spiro atoms. The molecular weight excluding hydrogens is 138 g/mol. The van der Waals surface area contributed by atoms with Crippen molar-refractivity contribution >= 4 is 0 Å². The van der Waals surface area contributed by atoms with Crippen molar-refractivity contribution in [3.8, 4) is 0 Å². The highest BCUT2D eigenvalue weighted by Gasteiger charge is 2.56. The molecule has 0 heterocycles. The van der Waals surface area contributed by atoms with Crippen molar-refractivity contribution in [2.24, 2.45) is 11.8 Å². The number of rotatable bonds is 3. The maximum Gasteiger partial charge on any atom is 0.251 e. The van der Waals surface area contributed by atoms with Crippen LogP contribution in [0.1, 0.15) is 19.8 Å². The molecule has 0 bridgehead atoms. The lowest BCUT2D eigenvalue weighted by Gasteiger charge is -2.07. The van der Waals surface area contributed by atoms with Crippen molar-refractivity contribution in [3.05, 3.63) is 0 Å². The van der Waals surface area contributed by atoms with Gasteiger partial charge in [-0.1, -0.05) is 0 Å². The Morgan fingerprint density at radius 2 is 2.30 bits per heavy atom. The standard InChI is InChI=1S/C6H12F2N2/c1-4(10-9)2-5-3-6(5,7)8/h4-5,10H,2-3,9H2,1H3. The first-order valence-electron chi connectivity index (χ1n) is 3.40. The summed E-state index contributed by atoms with van der Waals surface area (Å²) in [4.78, 5) is 0. The van der Waals surface area contributed by atoms with E-state index in [0.717, 1.165) is 0 Å². The van der Waals surface area contributed by atoms with Crippen molar-refractivity contribution < 1.29 is 8.78 Å². The maximum absolute atomic E-state index is 12.2. The third-order valence-electron chi connectivity index (χ3n) is 1.88. The number of nitrogens with one attached hydrogen (secondary N) is 1. The molecule has 0 saturated heterocycles. The normalized spacial score (nSPS) is 31.8. The van der Waals surface area contributed by atoms with E-state index >= 15 is 0 Å². The lowest BCUT2D eigenvalue weighted by Crippen LogP contribution is -2.33. The van der Waals surface area contributed by atoms with Gasteiger partial charge in [0.2, 0.25) is 0 Å². The molecule has 0 aliphatic heterocycles. The van der Waals surface area contributed by atoms with Crippen LogP contribution in [0.15, 0.2) is 0 Å². The molecule has 0 radical (unpaired) electrons. The zero-order chi connectivity index (χ0) is 7.78. The molecule has 1 fully saturated rings. The van der Waals surface area contributed by atoms with Gasteiger partial charge >= 0.3 is 0 Å². The molecule has 2 unspecified atom stereocenters. The van der Waals surface area contributed by atoms with Crippen LogP contribution in [0.5, 0.6) is 0 Å². The number of hydrazine groups is 1. The monoisotopic (exact) mass is 150 g/mol. The van der Waals surface area contributed by atoms with Gasteiger partial charge in [0.15, 0.2) is 0 Å². The molecule has 10 heavy (non-hydrogen) atoms. The van der Waals surface area contributed by atoms with Crippen molar-refractivity contribution in [1.82, 2.24) is 5.43 Å². The highest BCUT2D eigenvalue weighted by Crippen LogP contribution is 2.50. The topological polar surface area (TPSA) is 38.0 Å². The van der Waals surface area contributed by atoms with Gasteiger partial charge in [0.05, 0.1) is 0 Å². The van der Waals surface area contributed by atoms with Gasteiger partial charge in [0, 0.05) is 18.4 Å². The Morgan fingerprint density at radius 3 is 2.60 bits per heavy atom. The van der Waals surface area contributed by atoms with Crippen LogP contribution >= 0.6 is 0 Å². The van der Waals surface area contributed by atoms with Crippen LogP contribution in [0.3, 0.4) is 0 Å². The zero-order valence-electron chi connectivity index (χ0n) is 5.90. The van der Waals surface area contributed by atoms with E-state index in [1.54, 1.807) is 6.92 Å². The van der Waals surface area contributed by atoms with Crippen LogP contribution in [0.25, 0.3) is 0 Å². The molecule has 1 aliphatic rings. The molecule has 4 heteroatoms. The molecule has 3 N–H and O–H groups in total. The van der Waals surface area contributed by atoms with Gasteiger partial charge in [0.25, 0.3) is 5.92 Å². The minimum absolute atomic E-state index is 0.00150. The molecule has 2 nitrogen and oxygen atoms in total. The van der Waals surface area contributed by atoms with E-state index in [1.807, 2.05) is 0 Å². The van der Waals surface area contributed by atoms with E-state index in [4.69, 9.17) is 5.84 Å². The fourth-order valence-corrected chi connectivity index (χ4v) is 1.02. The Morgan fingerprint density at radius 1 is 1.80 bits per heavy atom. The van der Waals surface area contributed by atoms with Crippen LogP contribution in [-0.2, 0) is 0 Å². The lowest BCUT2D eigenvalue weighted by molar-refractivity contribution is 0.0949. The van der Waals surface area contributed by atoms with Gasteiger partial charge in [0.1, 0.15) is 0 Å². The van der Waals surface area contributed by atoms with E-state index < -0.39 is 11.8 Å². The van der Waals surface area contributed by atoms with E-state index in [0.29, 0.717) is 6.42 Å². The Labute approximate surface area is 58.7 Å². The first-order valence-corrected chi connectivity index (χ1v) is 3.40. The van der Waals surface area contributed by atoms with E-state index in [2.05, 4.69) is 5.43 Å². The molecule has 2 atom stereocenters. The molecule has 0 aromatic carbocycles. The van der Waals surface area contributed by atoms with Crippen LogP contribution in [0.2, 0.25) is 0 Å². The predicted molar refractivity (Wildman–Crippen MR) is 34.5 cm³/mol. The van der Waals surface area contributed by atoms with Crippen LogP contribution in [0, 0.1) is 5.92 Å². The largest absolute Gasteiger partial charge is 0.271 e. The molecule has 1 saturated carbocycles. The number of halogens is 2. The second kappa shape index (κ2) is 2.43. The summed E-state index contributed by atoms with van der Waals surface area (Å²) in [6.07, 6.45) is 0.516. The molecule has 1 rings (SSSR count). The van der Waals surface area contributed by atoms with Crippen LogP contribution in [-0.4, -0.2) is 12.0 Å². The van der Waals surface area contributed by atoms with Gasteiger partial charge in [-0.2, -0.15) is 0 Å². The third kappa shape index (κ3) is 1.64. The summed E-state index contributed by atoms with van der Waals surface area (Å²) in [5.74, 6) is 2.21. The average molecular weight is 150 g/mol. The van der Waals surface area contributed by atoms with Crippen molar-refractivity contribution in [1.29, 1.82) is 0 Å². The van der Waals surface area contributed by atoms with Gasteiger partial charge < -0.3 is 0 Å². The van der Waals surface area contributed by atoms with Crippen LogP contribution < -0.4 is 11.3 Å². The SMILES string of the molecule is CC(CC1CC1(F)F)NN. The summed E-state index contributed by atoms with van der Waals surface area (Å²) >= 11 is 0. The van der Waals surface area contributed by atoms with Crippen LogP contribution in [0.4, 0.5) is 8.78 Å². The first kappa shape index (κ1) is 7.88. The molecule has 0 amide bonds. The number of alkyl halides is 2. The highest BCUT2D eigenvalue weighted by molar-refractivity contribution is 4.96.